The second-order valence-electron chi connectivity index (χ2n) is 5.57. The number of aliphatic hydroxyl groups excluding tert-OH is 1. The number of carbonyl (C=O) groups excluding carboxylic acids is 1. The summed E-state index contributed by atoms with van der Waals surface area (Å²) in [5.41, 5.74) is -0.477. The second kappa shape index (κ2) is 5.19. The van der Waals surface area contributed by atoms with E-state index in [1.165, 1.54) is 6.07 Å². The first-order chi connectivity index (χ1) is 9.94. The normalized spacial score (nSPS) is 30.2. The van der Waals surface area contributed by atoms with Crippen LogP contribution in [0.2, 0.25) is 5.02 Å². The van der Waals surface area contributed by atoms with E-state index < -0.39 is 35.6 Å². The van der Waals surface area contributed by atoms with Crippen molar-refractivity contribution in [2.24, 2.45) is 0 Å². The predicted octanol–water partition coefficient (Wildman–Crippen LogP) is 1.26. The molecule has 1 amide bonds. The molecule has 1 saturated heterocycles. The fourth-order valence-electron chi connectivity index (χ4n) is 2.71. The lowest BCUT2D eigenvalue weighted by Gasteiger charge is -2.22. The lowest BCUT2D eigenvalue weighted by Crippen LogP contribution is -2.50. The van der Waals surface area contributed by atoms with Crippen molar-refractivity contribution in [3.8, 4) is 0 Å². The van der Waals surface area contributed by atoms with Gasteiger partial charge >= 0.3 is 0 Å². The number of aliphatic hydroxyl groups is 1. The van der Waals surface area contributed by atoms with Gasteiger partial charge in [-0.3, -0.25) is 4.79 Å². The second-order valence-corrected chi connectivity index (χ2v) is 5.97. The smallest absolute Gasteiger partial charge is 0.240 e. The molecule has 2 fully saturated rings. The van der Waals surface area contributed by atoms with Crippen molar-refractivity contribution in [1.29, 1.82) is 0 Å². The summed E-state index contributed by atoms with van der Waals surface area (Å²) in [5.74, 6) is -1.08. The Kier molecular flexibility index (Phi) is 3.63. The van der Waals surface area contributed by atoms with Crippen LogP contribution in [0.15, 0.2) is 18.2 Å². The summed E-state index contributed by atoms with van der Waals surface area (Å²) in [6.07, 6.45) is -1.70. The Bertz CT molecular complexity index is 580. The maximum absolute atomic E-state index is 14.1. The molecule has 1 aromatic carbocycles. The van der Waals surface area contributed by atoms with Crippen LogP contribution >= 0.6 is 11.6 Å². The van der Waals surface area contributed by atoms with Crippen LogP contribution in [0.25, 0.3) is 0 Å². The standard InChI is InChI=1S/C14H15ClF2N2O2/c15-8-3-1-2-7(10(8)17)14(4-5-14)19-13(21)11-12(20)9(16)6-18-11/h1-3,9,11-12,18,20H,4-6H2,(H,19,21)/t9-,11-,12+/m0/s1. The molecule has 3 atom stereocenters. The Morgan fingerprint density at radius 2 is 2.19 bits per heavy atom. The van der Waals surface area contributed by atoms with Gasteiger partial charge in [0, 0.05) is 12.1 Å². The number of nitrogens with one attached hydrogen (secondary N) is 2. The number of benzene rings is 1. The number of alkyl halides is 1. The number of carbonyl (C=O) groups is 1. The Morgan fingerprint density at radius 1 is 1.48 bits per heavy atom. The van der Waals surface area contributed by atoms with Crippen LogP contribution in [0.3, 0.4) is 0 Å². The van der Waals surface area contributed by atoms with E-state index in [2.05, 4.69) is 10.6 Å². The molecular formula is C14H15ClF2N2O2. The monoisotopic (exact) mass is 316 g/mol. The van der Waals surface area contributed by atoms with E-state index >= 15 is 0 Å². The van der Waals surface area contributed by atoms with Gasteiger partial charge in [0.2, 0.25) is 5.91 Å². The summed E-state index contributed by atoms with van der Waals surface area (Å²) in [6.45, 7) is -0.0716. The molecule has 1 aliphatic heterocycles. The minimum atomic E-state index is -1.47. The van der Waals surface area contributed by atoms with E-state index in [0.717, 1.165) is 0 Å². The Morgan fingerprint density at radius 3 is 2.76 bits per heavy atom. The van der Waals surface area contributed by atoms with Gasteiger partial charge in [-0.15, -0.1) is 0 Å². The first kappa shape index (κ1) is 14.7. The molecule has 0 radical (unpaired) electrons. The summed E-state index contributed by atoms with van der Waals surface area (Å²) in [6, 6.07) is 3.62. The SMILES string of the molecule is O=C(NC1(c2cccc(Cl)c2F)CC1)[C@H]1NC[C@H](F)[C@H]1O. The quantitative estimate of drug-likeness (QED) is 0.786. The van der Waals surface area contributed by atoms with Crippen LogP contribution < -0.4 is 10.6 Å². The Hall–Kier alpha value is -1.24. The Balaban J connectivity index is 1.78. The maximum atomic E-state index is 14.1. The van der Waals surface area contributed by atoms with Crippen molar-refractivity contribution >= 4 is 17.5 Å². The van der Waals surface area contributed by atoms with Gasteiger partial charge in [-0.1, -0.05) is 23.7 Å². The van der Waals surface area contributed by atoms with Gasteiger partial charge in [-0.2, -0.15) is 0 Å². The van der Waals surface area contributed by atoms with Crippen molar-refractivity contribution in [3.63, 3.8) is 0 Å². The summed E-state index contributed by atoms with van der Waals surface area (Å²) >= 11 is 5.76. The number of halogens is 3. The highest BCUT2D eigenvalue weighted by Gasteiger charge is 2.50. The molecule has 0 unspecified atom stereocenters. The van der Waals surface area contributed by atoms with Gasteiger partial charge in [0.25, 0.3) is 0 Å². The molecule has 0 aromatic heterocycles. The minimum absolute atomic E-state index is 0.00382. The predicted molar refractivity (Wildman–Crippen MR) is 73.2 cm³/mol. The average Bonchev–Trinajstić information content (AvgIpc) is 3.14. The zero-order valence-corrected chi connectivity index (χ0v) is 11.8. The molecule has 3 N–H and O–H groups in total. The molecule has 21 heavy (non-hydrogen) atoms. The van der Waals surface area contributed by atoms with Crippen molar-refractivity contribution in [3.05, 3.63) is 34.6 Å². The lowest BCUT2D eigenvalue weighted by molar-refractivity contribution is -0.126. The van der Waals surface area contributed by atoms with Gasteiger partial charge < -0.3 is 15.7 Å². The van der Waals surface area contributed by atoms with Gasteiger partial charge in [0.1, 0.15) is 24.1 Å². The van der Waals surface area contributed by atoms with Crippen LogP contribution in [0.1, 0.15) is 18.4 Å². The topological polar surface area (TPSA) is 61.4 Å². The summed E-state index contributed by atoms with van der Waals surface area (Å²) in [5, 5.41) is 15.0. The van der Waals surface area contributed by atoms with Crippen molar-refractivity contribution in [2.45, 2.75) is 36.7 Å². The van der Waals surface area contributed by atoms with Gasteiger partial charge in [0.05, 0.1) is 10.6 Å². The van der Waals surface area contributed by atoms with E-state index in [0.29, 0.717) is 18.4 Å². The van der Waals surface area contributed by atoms with Crippen LogP contribution in [0, 0.1) is 5.82 Å². The maximum Gasteiger partial charge on any atom is 0.240 e. The lowest BCUT2D eigenvalue weighted by atomic mass is 10.0. The van der Waals surface area contributed by atoms with Crippen molar-refractivity contribution in [2.75, 3.05) is 6.54 Å². The summed E-state index contributed by atoms with van der Waals surface area (Å²) < 4.78 is 27.3. The first-order valence-electron chi connectivity index (χ1n) is 6.77. The van der Waals surface area contributed by atoms with E-state index in [4.69, 9.17) is 11.6 Å². The molecule has 0 spiro atoms. The molecule has 1 aliphatic carbocycles. The minimum Gasteiger partial charge on any atom is -0.388 e. The van der Waals surface area contributed by atoms with E-state index in [1.807, 2.05) is 0 Å². The van der Waals surface area contributed by atoms with Crippen LogP contribution in [-0.4, -0.2) is 35.9 Å². The summed E-state index contributed by atoms with van der Waals surface area (Å²) in [7, 11) is 0. The Labute approximate surface area is 125 Å². The molecule has 1 saturated carbocycles. The van der Waals surface area contributed by atoms with Crippen LogP contribution in [0.5, 0.6) is 0 Å². The molecule has 3 rings (SSSR count). The van der Waals surface area contributed by atoms with Crippen molar-refractivity contribution < 1.29 is 18.7 Å². The molecule has 4 nitrogen and oxygen atoms in total. The highest BCUT2D eigenvalue weighted by molar-refractivity contribution is 6.30. The van der Waals surface area contributed by atoms with Gasteiger partial charge in [0.15, 0.2) is 0 Å². The number of amides is 1. The third kappa shape index (κ3) is 2.52. The highest BCUT2D eigenvalue weighted by Crippen LogP contribution is 2.47. The van der Waals surface area contributed by atoms with Crippen LogP contribution in [0.4, 0.5) is 8.78 Å². The van der Waals surface area contributed by atoms with Gasteiger partial charge in [-0.05, 0) is 18.9 Å². The van der Waals surface area contributed by atoms with E-state index in [1.54, 1.807) is 12.1 Å². The van der Waals surface area contributed by atoms with Gasteiger partial charge in [-0.25, -0.2) is 8.78 Å². The molecule has 114 valence electrons. The first-order valence-corrected chi connectivity index (χ1v) is 7.14. The zero-order chi connectivity index (χ0) is 15.2. The molecular weight excluding hydrogens is 302 g/mol. The number of hydrogen-bond acceptors (Lipinski definition) is 3. The fraction of sp³-hybridized carbons (Fsp3) is 0.500. The number of rotatable bonds is 3. The summed E-state index contributed by atoms with van der Waals surface area (Å²) in [4.78, 5) is 12.2. The molecule has 7 heteroatoms. The largest absolute Gasteiger partial charge is 0.388 e. The van der Waals surface area contributed by atoms with E-state index in [-0.39, 0.29) is 11.6 Å². The molecule has 2 aliphatic rings. The molecule has 0 bridgehead atoms. The van der Waals surface area contributed by atoms with Crippen LogP contribution in [-0.2, 0) is 10.3 Å². The number of hydrogen-bond donors (Lipinski definition) is 3. The highest BCUT2D eigenvalue weighted by atomic mass is 35.5. The third-order valence-corrected chi connectivity index (χ3v) is 4.40. The molecule has 1 aromatic rings. The third-order valence-electron chi connectivity index (χ3n) is 4.11. The van der Waals surface area contributed by atoms with E-state index in [9.17, 15) is 18.7 Å². The fourth-order valence-corrected chi connectivity index (χ4v) is 2.89. The zero-order valence-electron chi connectivity index (χ0n) is 11.1. The average molecular weight is 317 g/mol. The van der Waals surface area contributed by atoms with Crippen molar-refractivity contribution in [1.82, 2.24) is 10.6 Å². The molecule has 1 heterocycles.